The first-order valence-electron chi connectivity index (χ1n) is 3.98. The fourth-order valence-corrected chi connectivity index (χ4v) is 3.50. The van der Waals surface area contributed by atoms with E-state index in [9.17, 15) is 13.0 Å². The lowest BCUT2D eigenvalue weighted by atomic mass is 10.6. The minimum Gasteiger partial charge on any atom is -0.748 e. The van der Waals surface area contributed by atoms with Crippen LogP contribution in [0.25, 0.3) is 0 Å². The van der Waals surface area contributed by atoms with Gasteiger partial charge in [-0.15, -0.1) is 0 Å². The number of hydrogen-bond donors (Lipinski definition) is 0. The molecule has 0 unspecified atom stereocenters. The van der Waals surface area contributed by atoms with Crippen LogP contribution in [0, 0.1) is 0 Å². The van der Waals surface area contributed by atoms with Crippen molar-refractivity contribution in [3.63, 3.8) is 0 Å². The van der Waals surface area contributed by atoms with Gasteiger partial charge in [-0.2, -0.15) is 0 Å². The van der Waals surface area contributed by atoms with E-state index in [1.807, 2.05) is 0 Å². The molecule has 6 nitrogen and oxygen atoms in total. The van der Waals surface area contributed by atoms with Crippen molar-refractivity contribution in [2.75, 3.05) is 27.1 Å². The van der Waals surface area contributed by atoms with E-state index in [4.69, 9.17) is 13.3 Å². The summed E-state index contributed by atoms with van der Waals surface area (Å²) in [6, 6.07) is 0.317. The van der Waals surface area contributed by atoms with Gasteiger partial charge in [0.05, 0.1) is 10.1 Å². The Morgan fingerprint density at radius 2 is 1.57 bits per heavy atom. The molecule has 0 aromatic carbocycles. The molecule has 0 rings (SSSR count). The molecule has 0 atom stereocenters. The topological polar surface area (TPSA) is 84.9 Å². The summed E-state index contributed by atoms with van der Waals surface area (Å²) in [5.41, 5.74) is 0. The highest BCUT2D eigenvalue weighted by atomic mass is 32.2. The fraction of sp³-hybridized carbons (Fsp3) is 1.00. The monoisotopic (exact) mass is 243 g/mol. The number of rotatable bonds is 7. The Hall–Kier alpha value is 0.00688. The van der Waals surface area contributed by atoms with Crippen LogP contribution in [0.3, 0.4) is 0 Å². The van der Waals surface area contributed by atoms with Crippen molar-refractivity contribution < 1.29 is 26.2 Å². The third kappa shape index (κ3) is 5.03. The first-order chi connectivity index (χ1) is 6.39. The van der Waals surface area contributed by atoms with Gasteiger partial charge in [0, 0.05) is 33.1 Å². The van der Waals surface area contributed by atoms with Crippen molar-refractivity contribution in [3.8, 4) is 0 Å². The lowest BCUT2D eigenvalue weighted by Gasteiger charge is -2.24. The van der Waals surface area contributed by atoms with Gasteiger partial charge in [-0.1, -0.05) is 0 Å². The maximum Gasteiger partial charge on any atom is 0.500 e. The van der Waals surface area contributed by atoms with E-state index in [1.54, 1.807) is 0 Å². The average molecular weight is 243 g/mol. The van der Waals surface area contributed by atoms with Crippen LogP contribution < -0.4 is 0 Å². The molecule has 14 heavy (non-hydrogen) atoms. The average Bonchev–Trinajstić information content (AvgIpc) is 2.11. The summed E-state index contributed by atoms with van der Waals surface area (Å²) in [5.74, 6) is -0.419. The molecule has 0 amide bonds. The van der Waals surface area contributed by atoms with E-state index in [-0.39, 0.29) is 6.42 Å². The van der Waals surface area contributed by atoms with Crippen LogP contribution in [0.5, 0.6) is 0 Å². The zero-order valence-corrected chi connectivity index (χ0v) is 10.3. The molecule has 0 radical (unpaired) electrons. The standard InChI is InChI=1S/C6H16O6SSi/c1-10-14(11-2,12-3)6-4-5-13(7,8)9/h4-6H2,1-3H3,(H,7,8,9)/p-1. The predicted molar refractivity (Wildman–Crippen MR) is 50.8 cm³/mol. The summed E-state index contributed by atoms with van der Waals surface area (Å²) < 4.78 is 46.1. The van der Waals surface area contributed by atoms with E-state index < -0.39 is 24.7 Å². The molecule has 0 saturated heterocycles. The second-order valence-electron chi connectivity index (χ2n) is 2.66. The Morgan fingerprint density at radius 3 is 1.86 bits per heavy atom. The zero-order valence-electron chi connectivity index (χ0n) is 8.48. The summed E-state index contributed by atoms with van der Waals surface area (Å²) in [4.78, 5) is 0. The first-order valence-corrected chi connectivity index (χ1v) is 7.49. The minimum atomic E-state index is -4.17. The first kappa shape index (κ1) is 14.0. The Balaban J connectivity index is 4.08. The largest absolute Gasteiger partial charge is 0.748 e. The smallest absolute Gasteiger partial charge is 0.500 e. The van der Waals surface area contributed by atoms with Crippen LogP contribution >= 0.6 is 0 Å². The highest BCUT2D eigenvalue weighted by Gasteiger charge is 2.36. The molecule has 86 valence electrons. The molecule has 0 heterocycles. The van der Waals surface area contributed by atoms with E-state index in [2.05, 4.69) is 0 Å². The molecule has 0 fully saturated rings. The summed E-state index contributed by atoms with van der Waals surface area (Å²) in [5, 5.41) is 0. The molecule has 0 N–H and O–H groups in total. The normalized spacial score (nSPS) is 13.1. The van der Waals surface area contributed by atoms with Crippen molar-refractivity contribution >= 4 is 18.9 Å². The minimum absolute atomic E-state index is 0.188. The van der Waals surface area contributed by atoms with Gasteiger partial charge >= 0.3 is 8.80 Å². The van der Waals surface area contributed by atoms with E-state index in [0.29, 0.717) is 6.04 Å². The molecule has 0 bridgehead atoms. The molecule has 8 heteroatoms. The molecular weight excluding hydrogens is 228 g/mol. The van der Waals surface area contributed by atoms with E-state index in [1.165, 1.54) is 21.3 Å². The van der Waals surface area contributed by atoms with Gasteiger partial charge in [0.2, 0.25) is 0 Å². The fourth-order valence-electron chi connectivity index (χ4n) is 1.02. The molecule has 0 aromatic heterocycles. The molecule has 0 aromatic rings. The van der Waals surface area contributed by atoms with Crippen molar-refractivity contribution in [2.45, 2.75) is 12.5 Å². The molecular formula is C6H15O6SSi-. The van der Waals surface area contributed by atoms with Crippen LogP contribution in [-0.2, 0) is 23.4 Å². The zero-order chi connectivity index (χ0) is 11.2. The second kappa shape index (κ2) is 5.78. The lowest BCUT2D eigenvalue weighted by molar-refractivity contribution is 0.123. The van der Waals surface area contributed by atoms with Crippen molar-refractivity contribution in [1.82, 2.24) is 0 Å². The summed E-state index contributed by atoms with van der Waals surface area (Å²) in [6.45, 7) is 0. The molecule has 0 saturated carbocycles. The Morgan fingerprint density at radius 1 is 1.14 bits per heavy atom. The van der Waals surface area contributed by atoms with Crippen molar-refractivity contribution in [1.29, 1.82) is 0 Å². The number of hydrogen-bond acceptors (Lipinski definition) is 6. The SMILES string of the molecule is CO[Si](CCCS(=O)(=O)[O-])(OC)OC. The van der Waals surface area contributed by atoms with Gasteiger partial charge in [-0.05, 0) is 6.42 Å². The van der Waals surface area contributed by atoms with Crippen LogP contribution in [0.2, 0.25) is 6.04 Å². The van der Waals surface area contributed by atoms with Gasteiger partial charge < -0.3 is 17.8 Å². The predicted octanol–water partition coefficient (Wildman–Crippen LogP) is -0.200. The Kier molecular flexibility index (Phi) is 5.79. The maximum atomic E-state index is 10.3. The molecule has 0 aliphatic rings. The van der Waals surface area contributed by atoms with Crippen LogP contribution in [0.15, 0.2) is 0 Å². The van der Waals surface area contributed by atoms with Crippen molar-refractivity contribution in [2.24, 2.45) is 0 Å². The van der Waals surface area contributed by atoms with Crippen LogP contribution in [-0.4, -0.2) is 48.9 Å². The van der Waals surface area contributed by atoms with Gasteiger partial charge in [-0.3, -0.25) is 0 Å². The van der Waals surface area contributed by atoms with E-state index >= 15 is 0 Å². The summed E-state index contributed by atoms with van der Waals surface area (Å²) >= 11 is 0. The van der Waals surface area contributed by atoms with Gasteiger partial charge in [0.25, 0.3) is 0 Å². The second-order valence-corrected chi connectivity index (χ2v) is 7.28. The van der Waals surface area contributed by atoms with Crippen LogP contribution in [0.4, 0.5) is 0 Å². The Bertz CT molecular complexity index is 239. The summed E-state index contributed by atoms with van der Waals surface area (Å²) in [6.07, 6.45) is 0.188. The third-order valence-corrected chi connectivity index (χ3v) is 5.43. The molecule has 0 aliphatic carbocycles. The summed E-state index contributed by atoms with van der Waals surface area (Å²) in [7, 11) is -2.58. The van der Waals surface area contributed by atoms with E-state index in [0.717, 1.165) is 0 Å². The molecule has 0 spiro atoms. The maximum absolute atomic E-state index is 10.3. The highest BCUT2D eigenvalue weighted by molar-refractivity contribution is 7.85. The van der Waals surface area contributed by atoms with Gasteiger partial charge in [-0.25, -0.2) is 8.42 Å². The lowest BCUT2D eigenvalue weighted by Crippen LogP contribution is -2.42. The highest BCUT2D eigenvalue weighted by Crippen LogP contribution is 2.15. The molecule has 0 aliphatic heterocycles. The third-order valence-electron chi connectivity index (χ3n) is 1.81. The van der Waals surface area contributed by atoms with Crippen molar-refractivity contribution in [3.05, 3.63) is 0 Å². The van der Waals surface area contributed by atoms with Gasteiger partial charge in [0.15, 0.2) is 0 Å². The quantitative estimate of drug-likeness (QED) is 0.455. The van der Waals surface area contributed by atoms with Gasteiger partial charge in [0.1, 0.15) is 0 Å². The Labute approximate surface area is 85.3 Å². The van der Waals surface area contributed by atoms with Crippen LogP contribution in [0.1, 0.15) is 6.42 Å².